The van der Waals surface area contributed by atoms with E-state index in [0.717, 1.165) is 49.7 Å². The Morgan fingerprint density at radius 1 is 0.426 bits per heavy atom. The summed E-state index contributed by atoms with van der Waals surface area (Å²) in [6.07, 6.45) is -0.561. The number of nitrogens with zero attached hydrogens (tertiary/aromatic N) is 3. The van der Waals surface area contributed by atoms with Crippen molar-refractivity contribution in [3.8, 4) is 45.3 Å². The van der Waals surface area contributed by atoms with Gasteiger partial charge in [-0.25, -0.2) is 0 Å². The van der Waals surface area contributed by atoms with Gasteiger partial charge in [0.25, 0.3) is 0 Å². The number of fused-ring (bicyclic) bond motifs is 6. The van der Waals surface area contributed by atoms with E-state index in [1.165, 1.54) is 22.3 Å². The van der Waals surface area contributed by atoms with Gasteiger partial charge in [-0.2, -0.15) is 0 Å². The number of hydrogen-bond donors (Lipinski definition) is 0. The number of ether oxygens (including phenoxy) is 2. The molecule has 0 aromatic heterocycles. The van der Waals surface area contributed by atoms with Crippen LogP contribution in [0.25, 0.3) is 38.3 Å². The van der Waals surface area contributed by atoms with Gasteiger partial charge in [0.15, 0.2) is 23.0 Å². The third-order valence-electron chi connectivity index (χ3n) is 12.2. The Labute approximate surface area is 354 Å². The molecule has 3 aliphatic rings. The Morgan fingerprint density at radius 3 is 1.77 bits per heavy atom. The minimum atomic E-state index is -0.561. The van der Waals surface area contributed by atoms with Gasteiger partial charge in [0.2, 0.25) is 0 Å². The van der Waals surface area contributed by atoms with E-state index < -0.39 is 11.6 Å². The van der Waals surface area contributed by atoms with Crippen LogP contribution in [0.3, 0.4) is 0 Å². The predicted molar refractivity (Wildman–Crippen MR) is 245 cm³/mol. The van der Waals surface area contributed by atoms with Gasteiger partial charge in [-0.1, -0.05) is 194 Å². The summed E-state index contributed by atoms with van der Waals surface area (Å²) in [7, 11) is 0. The van der Waals surface area contributed by atoms with Crippen molar-refractivity contribution in [2.45, 2.75) is 11.6 Å². The highest BCUT2D eigenvalue weighted by atomic mass is 16.6. The first kappa shape index (κ1) is 35.0. The molecule has 9 aromatic carbocycles. The SMILES string of the molecule is c1ccc(C2=NC(c3cccc4c3Oc3cc5c(cc3O4)C(c3ccccc3)(c3ccccc3)c3ccccc3-5)=NC(c3ccc(-c4ccccc4)c4ccccc34)[N-]2)cc1. The maximum absolute atomic E-state index is 6.99. The highest BCUT2D eigenvalue weighted by molar-refractivity contribution is 6.20. The fourth-order valence-electron chi connectivity index (χ4n) is 9.54. The summed E-state index contributed by atoms with van der Waals surface area (Å²) in [5, 5.41) is 7.45. The zero-order valence-electron chi connectivity index (χ0n) is 32.9. The second-order valence-corrected chi connectivity index (χ2v) is 15.6. The summed E-state index contributed by atoms with van der Waals surface area (Å²) < 4.78 is 13.9. The Kier molecular flexibility index (Phi) is 8.07. The van der Waals surface area contributed by atoms with Crippen LogP contribution in [0.15, 0.2) is 222 Å². The fraction of sp³-hybridized carbons (Fsp3) is 0.0357. The van der Waals surface area contributed by atoms with Crippen LogP contribution in [0.1, 0.15) is 45.1 Å². The molecule has 0 saturated heterocycles. The van der Waals surface area contributed by atoms with E-state index in [2.05, 4.69) is 158 Å². The molecule has 0 amide bonds. The lowest BCUT2D eigenvalue weighted by atomic mass is 9.67. The summed E-state index contributed by atoms with van der Waals surface area (Å²) in [6, 6.07) is 74.0. The molecule has 0 bridgehead atoms. The van der Waals surface area contributed by atoms with Crippen molar-refractivity contribution in [2.24, 2.45) is 9.98 Å². The van der Waals surface area contributed by atoms with Crippen LogP contribution in [-0.2, 0) is 5.41 Å². The number of para-hydroxylation sites is 1. The molecule has 1 unspecified atom stereocenters. The van der Waals surface area contributed by atoms with Crippen LogP contribution < -0.4 is 9.47 Å². The molecule has 0 saturated carbocycles. The maximum atomic E-state index is 6.99. The molecular weight excluding hydrogens is 747 g/mol. The predicted octanol–water partition coefficient (Wildman–Crippen LogP) is 14.0. The molecule has 2 heterocycles. The van der Waals surface area contributed by atoms with Crippen molar-refractivity contribution < 1.29 is 9.47 Å². The zero-order chi connectivity index (χ0) is 40.3. The van der Waals surface area contributed by atoms with Gasteiger partial charge < -0.3 is 19.8 Å². The van der Waals surface area contributed by atoms with Crippen molar-refractivity contribution in [2.75, 3.05) is 0 Å². The summed E-state index contributed by atoms with van der Waals surface area (Å²) in [5.41, 5.74) is 11.4. The minimum Gasteiger partial charge on any atom is -0.449 e. The van der Waals surface area contributed by atoms with Crippen molar-refractivity contribution >= 4 is 22.4 Å². The van der Waals surface area contributed by atoms with E-state index in [1.54, 1.807) is 0 Å². The van der Waals surface area contributed by atoms with Crippen LogP contribution in [0.4, 0.5) is 0 Å². The largest absolute Gasteiger partial charge is 0.449 e. The number of benzene rings is 9. The van der Waals surface area contributed by atoms with Crippen molar-refractivity contribution in [1.82, 2.24) is 0 Å². The van der Waals surface area contributed by atoms with Gasteiger partial charge in [0, 0.05) is 5.56 Å². The smallest absolute Gasteiger partial charge is 0.179 e. The Morgan fingerprint density at radius 2 is 1.03 bits per heavy atom. The van der Waals surface area contributed by atoms with Crippen LogP contribution in [0, 0.1) is 0 Å². The standard InChI is InChI=1S/C56H36N3O2/c1-5-18-36(19-6-1)40-32-33-44(42-27-14-13-26-41(40)42)54-57-53(37-20-7-2-8-21-37)58-55(59-54)45-29-17-31-49-52(45)61-50-34-46-43-28-15-16-30-47(43)56(38-22-9-3-10-23-38,39-24-11-4-12-25-39)48(46)35-51(50)60-49/h1-35,54H/q-1. The van der Waals surface area contributed by atoms with Crippen molar-refractivity contribution in [3.63, 3.8) is 0 Å². The van der Waals surface area contributed by atoms with Gasteiger partial charge in [-0.3, -0.25) is 4.99 Å². The number of hydrogen-bond acceptors (Lipinski definition) is 4. The van der Waals surface area contributed by atoms with E-state index in [4.69, 9.17) is 24.8 Å². The van der Waals surface area contributed by atoms with Gasteiger partial charge in [0.05, 0.1) is 17.4 Å². The van der Waals surface area contributed by atoms with E-state index in [-0.39, 0.29) is 0 Å². The lowest BCUT2D eigenvalue weighted by Crippen LogP contribution is -2.28. The maximum Gasteiger partial charge on any atom is 0.179 e. The summed E-state index contributed by atoms with van der Waals surface area (Å²) in [5.74, 6) is 3.59. The molecule has 12 rings (SSSR count). The molecule has 1 atom stereocenters. The summed E-state index contributed by atoms with van der Waals surface area (Å²) in [4.78, 5) is 10.5. The normalized spacial score (nSPS) is 15.4. The Hall–Kier alpha value is -8.02. The molecule has 288 valence electrons. The average Bonchev–Trinajstić information content (AvgIpc) is 3.62. The molecule has 5 heteroatoms. The molecular formula is C56H36N3O2-. The number of amidine groups is 2. The lowest BCUT2D eigenvalue weighted by Gasteiger charge is -2.35. The highest BCUT2D eigenvalue weighted by Gasteiger charge is 2.47. The number of aliphatic imine (C=N–C) groups is 2. The van der Waals surface area contributed by atoms with Gasteiger partial charge in [-0.15, -0.1) is 0 Å². The number of rotatable bonds is 6. The first-order chi connectivity index (χ1) is 30.2. The van der Waals surface area contributed by atoms with Crippen LogP contribution >= 0.6 is 0 Å². The van der Waals surface area contributed by atoms with Crippen molar-refractivity contribution in [3.05, 3.63) is 257 Å². The second-order valence-electron chi connectivity index (χ2n) is 15.6. The third kappa shape index (κ3) is 5.55. The zero-order valence-corrected chi connectivity index (χ0v) is 32.9. The molecule has 5 nitrogen and oxygen atoms in total. The quantitative estimate of drug-likeness (QED) is 0.169. The molecule has 9 aromatic rings. The lowest BCUT2D eigenvalue weighted by molar-refractivity contribution is 0.358. The molecule has 61 heavy (non-hydrogen) atoms. The van der Waals surface area contributed by atoms with Crippen molar-refractivity contribution in [1.29, 1.82) is 0 Å². The first-order valence-corrected chi connectivity index (χ1v) is 20.6. The van der Waals surface area contributed by atoms with E-state index >= 15 is 0 Å². The molecule has 1 aliphatic carbocycles. The van der Waals surface area contributed by atoms with E-state index in [0.29, 0.717) is 34.7 Å². The monoisotopic (exact) mass is 782 g/mol. The average molecular weight is 783 g/mol. The topological polar surface area (TPSA) is 57.3 Å². The molecule has 0 radical (unpaired) electrons. The minimum absolute atomic E-state index is 0.526. The summed E-state index contributed by atoms with van der Waals surface area (Å²) in [6.45, 7) is 0. The van der Waals surface area contributed by atoms with Crippen LogP contribution in [-0.4, -0.2) is 11.7 Å². The van der Waals surface area contributed by atoms with Crippen LogP contribution in [0.5, 0.6) is 23.0 Å². The Bertz CT molecular complexity index is 3180. The van der Waals surface area contributed by atoms with Gasteiger partial charge >= 0.3 is 0 Å². The third-order valence-corrected chi connectivity index (χ3v) is 12.2. The Balaban J connectivity index is 1.00. The molecule has 0 spiro atoms. The summed E-state index contributed by atoms with van der Waals surface area (Å²) >= 11 is 0. The van der Waals surface area contributed by atoms with Crippen LogP contribution in [0.2, 0.25) is 0 Å². The van der Waals surface area contributed by atoms with Gasteiger partial charge in [0.1, 0.15) is 0 Å². The molecule has 0 fully saturated rings. The first-order valence-electron chi connectivity index (χ1n) is 20.6. The molecule has 2 aliphatic heterocycles. The molecule has 0 N–H and O–H groups in total. The van der Waals surface area contributed by atoms with E-state index in [1.807, 2.05) is 54.6 Å². The second kappa shape index (κ2) is 14.1. The van der Waals surface area contributed by atoms with Gasteiger partial charge in [-0.05, 0) is 90.7 Å². The van der Waals surface area contributed by atoms with E-state index in [9.17, 15) is 0 Å². The fourth-order valence-corrected chi connectivity index (χ4v) is 9.54. The highest BCUT2D eigenvalue weighted by Crippen LogP contribution is 2.60.